The minimum absolute atomic E-state index is 0.000787. The summed E-state index contributed by atoms with van der Waals surface area (Å²) < 4.78 is 4.89. The summed E-state index contributed by atoms with van der Waals surface area (Å²) in [7, 11) is 2.89. The first-order valence-electron chi connectivity index (χ1n) is 5.06. The van der Waals surface area contributed by atoms with E-state index >= 15 is 0 Å². The average molecular weight is 294 g/mol. The molecule has 18 heavy (non-hydrogen) atoms. The molecule has 0 aliphatic carbocycles. The van der Waals surface area contributed by atoms with Crippen LogP contribution in [-0.2, 0) is 11.2 Å². The second-order valence-corrected chi connectivity index (χ2v) is 4.37. The molecule has 0 aliphatic heterocycles. The molecule has 0 aliphatic rings. The van der Waals surface area contributed by atoms with Crippen molar-refractivity contribution in [2.24, 2.45) is 0 Å². The molecule has 1 atom stereocenters. The number of methoxy groups -OCH3 is 1. The zero-order chi connectivity index (χ0) is 13.9. The predicted octanol–water partition coefficient (Wildman–Crippen LogP) is 1.92. The van der Waals surface area contributed by atoms with Gasteiger partial charge in [-0.15, -0.1) is 0 Å². The van der Waals surface area contributed by atoms with Crippen molar-refractivity contribution in [3.63, 3.8) is 0 Å². The quantitative estimate of drug-likeness (QED) is 0.773. The Hall–Kier alpha value is -1.17. The van der Waals surface area contributed by atoms with Gasteiger partial charge in [0.05, 0.1) is 12.1 Å². The number of halogens is 2. The second-order valence-electron chi connectivity index (χ2n) is 3.59. The molecule has 0 saturated carbocycles. The van der Waals surface area contributed by atoms with Gasteiger partial charge in [0.15, 0.2) is 11.5 Å². The third-order valence-electron chi connectivity index (χ3n) is 2.53. The van der Waals surface area contributed by atoms with Gasteiger partial charge in [0, 0.05) is 17.5 Å². The van der Waals surface area contributed by atoms with Crippen molar-refractivity contribution in [2.75, 3.05) is 14.2 Å². The first-order chi connectivity index (χ1) is 8.42. The molecule has 0 bridgehead atoms. The molecule has 0 fully saturated rings. The standard InChI is InChI=1S/C11H13Cl2NO4/c1-14-7(11(16)17)3-5-6(12)4-8(18-2)10(15)9(5)13/h4,7,14-15H,3H2,1-2H3,(H,16,17)/t7-/m1/s1. The summed E-state index contributed by atoms with van der Waals surface area (Å²) in [5.74, 6) is -1.14. The fraction of sp³-hybridized carbons (Fsp3) is 0.364. The minimum Gasteiger partial charge on any atom is -0.503 e. The Labute approximate surface area is 114 Å². The number of hydrogen-bond acceptors (Lipinski definition) is 4. The molecule has 1 aromatic rings. The number of carboxylic acids is 1. The number of phenolic OH excluding ortho intramolecular Hbond substituents is 1. The number of aliphatic carboxylic acids is 1. The van der Waals surface area contributed by atoms with E-state index < -0.39 is 12.0 Å². The number of aromatic hydroxyl groups is 1. The molecule has 0 unspecified atom stereocenters. The molecule has 0 heterocycles. The summed E-state index contributed by atoms with van der Waals surface area (Å²) in [6.07, 6.45) is 0.0566. The maximum Gasteiger partial charge on any atom is 0.321 e. The zero-order valence-corrected chi connectivity index (χ0v) is 11.3. The van der Waals surface area contributed by atoms with Crippen molar-refractivity contribution in [3.8, 4) is 11.5 Å². The van der Waals surface area contributed by atoms with Gasteiger partial charge in [-0.05, 0) is 12.6 Å². The highest BCUT2D eigenvalue weighted by atomic mass is 35.5. The lowest BCUT2D eigenvalue weighted by atomic mass is 10.1. The van der Waals surface area contributed by atoms with Gasteiger partial charge >= 0.3 is 5.97 Å². The van der Waals surface area contributed by atoms with Gasteiger partial charge in [0.2, 0.25) is 0 Å². The van der Waals surface area contributed by atoms with Gasteiger partial charge in [0.1, 0.15) is 6.04 Å². The molecule has 7 heteroatoms. The first-order valence-corrected chi connectivity index (χ1v) is 5.81. The monoisotopic (exact) mass is 293 g/mol. The van der Waals surface area contributed by atoms with E-state index in [2.05, 4.69) is 5.32 Å². The van der Waals surface area contributed by atoms with Gasteiger partial charge in [-0.3, -0.25) is 4.79 Å². The Morgan fingerprint density at radius 2 is 2.17 bits per heavy atom. The lowest BCUT2D eigenvalue weighted by Gasteiger charge is -2.15. The Bertz CT molecular complexity index is 465. The Morgan fingerprint density at radius 3 is 2.61 bits per heavy atom. The molecule has 1 aromatic carbocycles. The second kappa shape index (κ2) is 6.13. The van der Waals surface area contributed by atoms with E-state index in [9.17, 15) is 9.90 Å². The van der Waals surface area contributed by atoms with Gasteiger partial charge in [0.25, 0.3) is 0 Å². The average Bonchev–Trinajstić information content (AvgIpc) is 2.33. The predicted molar refractivity (Wildman–Crippen MR) is 68.9 cm³/mol. The van der Waals surface area contributed by atoms with Gasteiger partial charge in [-0.1, -0.05) is 23.2 Å². The highest BCUT2D eigenvalue weighted by Gasteiger charge is 2.22. The SMILES string of the molecule is CN[C@H](Cc1c(Cl)cc(OC)c(O)c1Cl)C(=O)O. The highest BCUT2D eigenvalue weighted by molar-refractivity contribution is 6.37. The Kier molecular flexibility index (Phi) is 5.07. The lowest BCUT2D eigenvalue weighted by molar-refractivity contribution is -0.139. The summed E-state index contributed by atoms with van der Waals surface area (Å²) in [4.78, 5) is 10.9. The summed E-state index contributed by atoms with van der Waals surface area (Å²) in [6.45, 7) is 0. The van der Waals surface area contributed by atoms with Crippen LogP contribution in [0.15, 0.2) is 6.07 Å². The molecule has 100 valence electrons. The number of carbonyl (C=O) groups is 1. The zero-order valence-electron chi connectivity index (χ0n) is 9.83. The van der Waals surface area contributed by atoms with Crippen molar-refractivity contribution in [1.29, 1.82) is 0 Å². The molecule has 1 rings (SSSR count). The topological polar surface area (TPSA) is 78.8 Å². The molecule has 0 radical (unpaired) electrons. The number of phenols is 1. The van der Waals surface area contributed by atoms with Crippen molar-refractivity contribution in [3.05, 3.63) is 21.7 Å². The number of carboxylic acid groups (broad SMARTS) is 1. The number of nitrogens with one attached hydrogen (secondary N) is 1. The van der Waals surface area contributed by atoms with Gasteiger partial charge in [-0.2, -0.15) is 0 Å². The number of benzene rings is 1. The summed E-state index contributed by atoms with van der Waals surface area (Å²) in [5, 5.41) is 21.6. The number of rotatable bonds is 5. The van der Waals surface area contributed by atoms with E-state index in [1.54, 1.807) is 0 Å². The van der Waals surface area contributed by atoms with Gasteiger partial charge < -0.3 is 20.3 Å². The van der Waals surface area contributed by atoms with Crippen molar-refractivity contribution in [2.45, 2.75) is 12.5 Å². The van der Waals surface area contributed by atoms with Crippen molar-refractivity contribution < 1.29 is 19.7 Å². The van der Waals surface area contributed by atoms with Crippen LogP contribution in [0.3, 0.4) is 0 Å². The van der Waals surface area contributed by atoms with Crippen LogP contribution >= 0.6 is 23.2 Å². The summed E-state index contributed by atoms with van der Waals surface area (Å²) in [6, 6.07) is 0.556. The Balaban J connectivity index is 3.17. The molecular weight excluding hydrogens is 281 g/mol. The molecule has 0 saturated heterocycles. The first kappa shape index (κ1) is 14.9. The van der Waals surface area contributed by atoms with Crippen LogP contribution in [0, 0.1) is 0 Å². The molecule has 0 spiro atoms. The Morgan fingerprint density at radius 1 is 1.56 bits per heavy atom. The van der Waals surface area contributed by atoms with Crippen LogP contribution in [0.25, 0.3) is 0 Å². The number of ether oxygens (including phenoxy) is 1. The van der Waals surface area contributed by atoms with E-state index in [4.69, 9.17) is 33.0 Å². The molecular formula is C11H13Cl2NO4. The van der Waals surface area contributed by atoms with Crippen LogP contribution in [0.4, 0.5) is 0 Å². The largest absolute Gasteiger partial charge is 0.503 e. The van der Waals surface area contributed by atoms with Crippen LogP contribution < -0.4 is 10.1 Å². The fourth-order valence-corrected chi connectivity index (χ4v) is 2.08. The molecule has 3 N–H and O–H groups in total. The highest BCUT2D eigenvalue weighted by Crippen LogP contribution is 2.41. The van der Waals surface area contributed by atoms with E-state index in [-0.39, 0.29) is 28.0 Å². The summed E-state index contributed by atoms with van der Waals surface area (Å²) in [5.41, 5.74) is 0.360. The van der Waals surface area contributed by atoms with Crippen LogP contribution in [0.1, 0.15) is 5.56 Å². The molecule has 5 nitrogen and oxygen atoms in total. The summed E-state index contributed by atoms with van der Waals surface area (Å²) >= 11 is 11.9. The minimum atomic E-state index is -1.03. The molecule has 0 aromatic heterocycles. The smallest absolute Gasteiger partial charge is 0.321 e. The maximum atomic E-state index is 10.9. The van der Waals surface area contributed by atoms with Crippen molar-refractivity contribution in [1.82, 2.24) is 5.32 Å². The maximum absolute atomic E-state index is 10.9. The number of hydrogen-bond donors (Lipinski definition) is 3. The third-order valence-corrected chi connectivity index (χ3v) is 3.27. The van der Waals surface area contributed by atoms with Gasteiger partial charge in [-0.25, -0.2) is 0 Å². The fourth-order valence-electron chi connectivity index (χ4n) is 1.49. The van der Waals surface area contributed by atoms with E-state index in [1.807, 2.05) is 0 Å². The third kappa shape index (κ3) is 2.98. The molecule has 0 amide bonds. The van der Waals surface area contributed by atoms with E-state index in [1.165, 1.54) is 20.2 Å². The lowest BCUT2D eigenvalue weighted by Crippen LogP contribution is -2.35. The normalized spacial score (nSPS) is 12.2. The van der Waals surface area contributed by atoms with Crippen molar-refractivity contribution >= 4 is 29.2 Å². The van der Waals surface area contributed by atoms with E-state index in [0.717, 1.165) is 0 Å². The van der Waals surface area contributed by atoms with Crippen LogP contribution in [-0.4, -0.2) is 36.4 Å². The number of likely N-dealkylation sites (N-methyl/N-ethyl adjacent to an activating group) is 1. The van der Waals surface area contributed by atoms with E-state index in [0.29, 0.717) is 5.56 Å². The van der Waals surface area contributed by atoms with Crippen LogP contribution in [0.2, 0.25) is 10.0 Å². The van der Waals surface area contributed by atoms with Crippen LogP contribution in [0.5, 0.6) is 11.5 Å².